The van der Waals surface area contributed by atoms with Crippen LogP contribution in [-0.2, 0) is 9.53 Å². The largest absolute Gasteiger partial charge is 0.463 e. The number of carbonyl (C=O) groups is 1. The highest BCUT2D eigenvalue weighted by atomic mass is 16.5. The topological polar surface area (TPSA) is 26.3 Å². The summed E-state index contributed by atoms with van der Waals surface area (Å²) in [6, 6.07) is 0. The van der Waals surface area contributed by atoms with Crippen molar-refractivity contribution >= 4 is 5.97 Å². The minimum atomic E-state index is -0.109. The molecule has 0 aromatic rings. The molecule has 0 radical (unpaired) electrons. The highest BCUT2D eigenvalue weighted by Crippen LogP contribution is 2.64. The zero-order valence-electron chi connectivity index (χ0n) is 21.9. The van der Waals surface area contributed by atoms with Gasteiger partial charge in [-0.1, -0.05) is 66.0 Å². The van der Waals surface area contributed by atoms with Crippen molar-refractivity contribution < 1.29 is 9.53 Å². The summed E-state index contributed by atoms with van der Waals surface area (Å²) >= 11 is 0. The maximum absolute atomic E-state index is 11.5. The summed E-state index contributed by atoms with van der Waals surface area (Å²) in [5, 5.41) is 0. The summed E-state index contributed by atoms with van der Waals surface area (Å²) < 4.78 is 5.63. The van der Waals surface area contributed by atoms with Crippen molar-refractivity contribution in [3.05, 3.63) is 22.8 Å². The van der Waals surface area contributed by atoms with E-state index in [1.165, 1.54) is 51.4 Å². The van der Waals surface area contributed by atoms with Crippen LogP contribution < -0.4 is 0 Å². The van der Waals surface area contributed by atoms with Gasteiger partial charge in [0.1, 0.15) is 6.10 Å². The predicted octanol–water partition coefficient (Wildman–Crippen LogP) is 8.27. The van der Waals surface area contributed by atoms with E-state index in [4.69, 9.17) is 4.74 Å². The van der Waals surface area contributed by atoms with E-state index in [0.717, 1.165) is 36.5 Å². The molecule has 4 aliphatic rings. The number of carbonyl (C=O) groups excluding carboxylic acids is 1. The number of ether oxygens (including phenoxy) is 1. The van der Waals surface area contributed by atoms with Crippen LogP contribution in [-0.4, -0.2) is 12.1 Å². The molecule has 0 aliphatic heterocycles. The number of esters is 1. The van der Waals surface area contributed by atoms with Gasteiger partial charge in [-0.05, 0) is 103 Å². The van der Waals surface area contributed by atoms with Crippen molar-refractivity contribution in [3.63, 3.8) is 0 Å². The van der Waals surface area contributed by atoms with Crippen LogP contribution >= 0.6 is 0 Å². The lowest BCUT2D eigenvalue weighted by atomic mass is 9.51. The van der Waals surface area contributed by atoms with E-state index in [9.17, 15) is 4.79 Å². The smallest absolute Gasteiger partial charge is 0.302 e. The second-order valence-electron chi connectivity index (χ2n) is 12.8. The third-order valence-electron chi connectivity index (χ3n) is 10.7. The van der Waals surface area contributed by atoms with E-state index in [2.05, 4.69) is 47.6 Å². The van der Waals surface area contributed by atoms with Gasteiger partial charge in [-0.2, -0.15) is 0 Å². The van der Waals surface area contributed by atoms with Crippen LogP contribution in [0.4, 0.5) is 0 Å². The van der Waals surface area contributed by atoms with Crippen LogP contribution in [0.5, 0.6) is 0 Å². The van der Waals surface area contributed by atoms with Crippen molar-refractivity contribution in [1.29, 1.82) is 0 Å². The van der Waals surface area contributed by atoms with Gasteiger partial charge in [0.05, 0.1) is 0 Å². The fraction of sp³-hybridized carbons (Fsp3) is 0.833. The number of rotatable bonds is 6. The van der Waals surface area contributed by atoms with Crippen molar-refractivity contribution in [1.82, 2.24) is 0 Å². The molecule has 32 heavy (non-hydrogen) atoms. The van der Waals surface area contributed by atoms with Gasteiger partial charge in [0.2, 0.25) is 0 Å². The molecule has 1 fully saturated rings. The monoisotopic (exact) mass is 440 g/mol. The molecule has 0 heterocycles. The minimum absolute atomic E-state index is 0.109. The summed E-state index contributed by atoms with van der Waals surface area (Å²) in [7, 11) is 0. The fourth-order valence-electron chi connectivity index (χ4n) is 8.11. The Labute approximate surface area is 197 Å². The lowest BCUT2D eigenvalue weighted by molar-refractivity contribution is -0.150. The van der Waals surface area contributed by atoms with Gasteiger partial charge in [-0.15, -0.1) is 0 Å². The Hall–Kier alpha value is -1.05. The Balaban J connectivity index is 1.50. The van der Waals surface area contributed by atoms with Crippen LogP contribution in [0.15, 0.2) is 22.8 Å². The summed E-state index contributed by atoms with van der Waals surface area (Å²) in [5.41, 5.74) is 6.00. The normalized spacial score (nSPS) is 38.5. The molecular weight excluding hydrogens is 392 g/mol. The first-order valence-electron chi connectivity index (χ1n) is 13.7. The van der Waals surface area contributed by atoms with Crippen molar-refractivity contribution in [2.75, 3.05) is 0 Å². The molecule has 0 amide bonds. The molecular formula is C30H48O2. The van der Waals surface area contributed by atoms with Gasteiger partial charge in [0.15, 0.2) is 0 Å². The summed E-state index contributed by atoms with van der Waals surface area (Å²) in [6.07, 6.45) is 15.3. The Morgan fingerprint density at radius 1 is 1.06 bits per heavy atom. The third-order valence-corrected chi connectivity index (χ3v) is 10.7. The zero-order chi connectivity index (χ0) is 23.3. The van der Waals surface area contributed by atoms with Gasteiger partial charge in [0.25, 0.3) is 0 Å². The number of allylic oxidation sites excluding steroid dienone is 4. The molecule has 4 rings (SSSR count). The van der Waals surface area contributed by atoms with Crippen molar-refractivity contribution in [2.45, 2.75) is 119 Å². The van der Waals surface area contributed by atoms with E-state index in [1.807, 2.05) is 0 Å². The molecule has 2 nitrogen and oxygen atoms in total. The van der Waals surface area contributed by atoms with Gasteiger partial charge >= 0.3 is 5.97 Å². The molecule has 0 N–H and O–H groups in total. The molecule has 2 heteroatoms. The SMILES string of the molecule is CC(=O)OC1CCC2(C)C3=C(CCC2C1)C1=CCC(C(C)CCC(C)C(C)C)C1(C)CC3. The van der Waals surface area contributed by atoms with Crippen LogP contribution in [0.2, 0.25) is 0 Å². The van der Waals surface area contributed by atoms with Gasteiger partial charge in [0, 0.05) is 6.92 Å². The van der Waals surface area contributed by atoms with E-state index < -0.39 is 0 Å². The average molecular weight is 441 g/mol. The first kappa shape index (κ1) is 24.1. The van der Waals surface area contributed by atoms with Gasteiger partial charge in [-0.25, -0.2) is 0 Å². The maximum Gasteiger partial charge on any atom is 0.302 e. The molecule has 0 aromatic heterocycles. The second-order valence-corrected chi connectivity index (χ2v) is 12.8. The minimum Gasteiger partial charge on any atom is -0.463 e. The Bertz CT molecular complexity index is 789. The second kappa shape index (κ2) is 8.95. The summed E-state index contributed by atoms with van der Waals surface area (Å²) in [4.78, 5) is 11.5. The van der Waals surface area contributed by atoms with Gasteiger partial charge < -0.3 is 4.74 Å². The maximum atomic E-state index is 11.5. The van der Waals surface area contributed by atoms with E-state index in [-0.39, 0.29) is 12.1 Å². The molecule has 0 aromatic carbocycles. The Kier molecular flexibility index (Phi) is 6.74. The molecule has 0 spiro atoms. The molecule has 180 valence electrons. The Morgan fingerprint density at radius 3 is 2.50 bits per heavy atom. The van der Waals surface area contributed by atoms with Crippen LogP contribution in [0.1, 0.15) is 113 Å². The fourth-order valence-corrected chi connectivity index (χ4v) is 8.11. The average Bonchev–Trinajstić information content (AvgIpc) is 3.08. The summed E-state index contributed by atoms with van der Waals surface area (Å²) in [5.74, 6) is 3.82. The van der Waals surface area contributed by atoms with Crippen LogP contribution in [0.25, 0.3) is 0 Å². The first-order chi connectivity index (χ1) is 15.1. The van der Waals surface area contributed by atoms with Gasteiger partial charge in [-0.3, -0.25) is 4.79 Å². The van der Waals surface area contributed by atoms with E-state index in [1.54, 1.807) is 23.6 Å². The third kappa shape index (κ3) is 4.14. The van der Waals surface area contributed by atoms with E-state index >= 15 is 0 Å². The number of fused-ring (bicyclic) bond motifs is 4. The Morgan fingerprint density at radius 2 is 1.81 bits per heavy atom. The lowest BCUT2D eigenvalue weighted by Crippen LogP contribution is -2.44. The highest BCUT2D eigenvalue weighted by Gasteiger charge is 2.53. The zero-order valence-corrected chi connectivity index (χ0v) is 21.9. The summed E-state index contributed by atoms with van der Waals surface area (Å²) in [6.45, 7) is 16.4. The molecule has 7 atom stereocenters. The molecule has 0 saturated heterocycles. The quantitative estimate of drug-likeness (QED) is 0.388. The molecule has 0 bridgehead atoms. The highest BCUT2D eigenvalue weighted by molar-refractivity contribution is 5.66. The standard InChI is InChI=1S/C30H48O2/c1-19(2)20(3)8-9-21(4)26-12-13-27-25-11-10-23-18-24(32-22(5)31)14-16-29(23,6)28(25)15-17-30(26,27)7/h13,19-21,23-24,26H,8-12,14-18H2,1-7H3. The van der Waals surface area contributed by atoms with E-state index in [0.29, 0.717) is 16.7 Å². The molecule has 4 aliphatic carbocycles. The van der Waals surface area contributed by atoms with Crippen LogP contribution in [0.3, 0.4) is 0 Å². The molecule has 1 saturated carbocycles. The van der Waals surface area contributed by atoms with Crippen molar-refractivity contribution in [2.24, 2.45) is 40.4 Å². The first-order valence-corrected chi connectivity index (χ1v) is 13.7. The molecule has 7 unspecified atom stereocenters. The number of hydrogen-bond donors (Lipinski definition) is 0. The number of hydrogen-bond acceptors (Lipinski definition) is 2. The predicted molar refractivity (Wildman–Crippen MR) is 133 cm³/mol. The van der Waals surface area contributed by atoms with Crippen molar-refractivity contribution in [3.8, 4) is 0 Å². The van der Waals surface area contributed by atoms with Crippen LogP contribution in [0, 0.1) is 40.4 Å². The lowest BCUT2D eigenvalue weighted by Gasteiger charge is -2.54.